The lowest BCUT2D eigenvalue weighted by Crippen LogP contribution is -2.48. The zero-order valence-corrected chi connectivity index (χ0v) is 15.0. The largest absolute Gasteiger partial charge is 0.339 e. The van der Waals surface area contributed by atoms with Gasteiger partial charge in [-0.2, -0.15) is 10.2 Å². The van der Waals surface area contributed by atoms with Crippen LogP contribution in [0.4, 0.5) is 5.82 Å². The van der Waals surface area contributed by atoms with Gasteiger partial charge in [0.1, 0.15) is 17.6 Å². The SMILES string of the molecule is CN1C(=O)[C@@H](NC(=O)C2=NN=C(Cc3ccccc3)C2)CCn2nccc21. The number of nitrogens with zero attached hydrogens (tertiary/aromatic N) is 5. The van der Waals surface area contributed by atoms with E-state index in [0.717, 1.165) is 17.1 Å². The summed E-state index contributed by atoms with van der Waals surface area (Å²) in [7, 11) is 1.69. The summed E-state index contributed by atoms with van der Waals surface area (Å²) in [4.78, 5) is 26.8. The van der Waals surface area contributed by atoms with Gasteiger partial charge in [0.15, 0.2) is 0 Å². The summed E-state index contributed by atoms with van der Waals surface area (Å²) in [5, 5.41) is 15.2. The van der Waals surface area contributed by atoms with Crippen LogP contribution in [0.5, 0.6) is 0 Å². The van der Waals surface area contributed by atoms with Gasteiger partial charge in [0.25, 0.3) is 11.8 Å². The van der Waals surface area contributed by atoms with Gasteiger partial charge < -0.3 is 5.32 Å². The lowest BCUT2D eigenvalue weighted by atomic mass is 10.0. The molecule has 1 aromatic heterocycles. The smallest absolute Gasteiger partial charge is 0.268 e. The van der Waals surface area contributed by atoms with E-state index in [2.05, 4.69) is 20.6 Å². The molecule has 8 nitrogen and oxygen atoms in total. The second-order valence-electron chi connectivity index (χ2n) is 6.68. The Morgan fingerprint density at radius 2 is 2.04 bits per heavy atom. The molecule has 0 fully saturated rings. The summed E-state index contributed by atoms with van der Waals surface area (Å²) in [5.74, 6) is 0.225. The Morgan fingerprint density at radius 3 is 2.85 bits per heavy atom. The molecule has 4 rings (SSSR count). The van der Waals surface area contributed by atoms with Gasteiger partial charge in [-0.05, 0) is 12.0 Å². The standard InChI is InChI=1S/C19H20N6O2/c1-24-17-7-9-20-25(17)10-8-15(19(24)27)21-18(26)16-12-14(22-23-16)11-13-5-3-2-4-6-13/h2-7,9,15H,8,10-12H2,1H3,(H,21,26)/t15-/m0/s1. The molecule has 0 aliphatic carbocycles. The minimum absolute atomic E-state index is 0.161. The lowest BCUT2D eigenvalue weighted by molar-refractivity contribution is -0.124. The molecule has 1 aromatic carbocycles. The molecule has 0 saturated heterocycles. The van der Waals surface area contributed by atoms with Crippen molar-refractivity contribution in [2.24, 2.45) is 10.2 Å². The summed E-state index contributed by atoms with van der Waals surface area (Å²) in [6.45, 7) is 0.561. The molecule has 2 aliphatic rings. The van der Waals surface area contributed by atoms with Gasteiger partial charge in [0.2, 0.25) is 0 Å². The third-order valence-corrected chi connectivity index (χ3v) is 4.80. The lowest BCUT2D eigenvalue weighted by Gasteiger charge is -2.20. The number of amides is 2. The van der Waals surface area contributed by atoms with Crippen LogP contribution in [0.3, 0.4) is 0 Å². The van der Waals surface area contributed by atoms with E-state index in [4.69, 9.17) is 0 Å². The maximum absolute atomic E-state index is 12.7. The van der Waals surface area contributed by atoms with Crippen LogP contribution < -0.4 is 10.2 Å². The van der Waals surface area contributed by atoms with Gasteiger partial charge in [-0.1, -0.05) is 30.3 Å². The first-order valence-electron chi connectivity index (χ1n) is 8.88. The molecule has 2 amide bonds. The highest BCUT2D eigenvalue weighted by Gasteiger charge is 2.31. The second-order valence-corrected chi connectivity index (χ2v) is 6.68. The van der Waals surface area contributed by atoms with Crippen molar-refractivity contribution >= 4 is 29.1 Å². The Kier molecular flexibility index (Phi) is 4.53. The number of hydrogen-bond acceptors (Lipinski definition) is 5. The van der Waals surface area contributed by atoms with Crippen molar-refractivity contribution in [3.63, 3.8) is 0 Å². The molecular weight excluding hydrogens is 344 g/mol. The predicted octanol–water partition coefficient (Wildman–Crippen LogP) is 1.18. The number of carbonyl (C=O) groups is 2. The quantitative estimate of drug-likeness (QED) is 0.883. The minimum atomic E-state index is -0.606. The van der Waals surface area contributed by atoms with Crippen LogP contribution >= 0.6 is 0 Å². The van der Waals surface area contributed by atoms with Crippen molar-refractivity contribution in [2.75, 3.05) is 11.9 Å². The summed E-state index contributed by atoms with van der Waals surface area (Å²) in [6, 6.07) is 11.1. The summed E-state index contributed by atoms with van der Waals surface area (Å²) in [5.41, 5.74) is 2.32. The molecule has 0 unspecified atom stereocenters. The zero-order valence-electron chi connectivity index (χ0n) is 15.0. The highest BCUT2D eigenvalue weighted by molar-refractivity contribution is 6.43. The number of aromatic nitrogens is 2. The van der Waals surface area contributed by atoms with Gasteiger partial charge in [0, 0.05) is 32.5 Å². The average Bonchev–Trinajstić information content (AvgIpc) is 3.32. The number of anilines is 1. The molecule has 2 aromatic rings. The number of carbonyl (C=O) groups excluding carboxylic acids is 2. The third-order valence-electron chi connectivity index (χ3n) is 4.80. The van der Waals surface area contributed by atoms with E-state index in [9.17, 15) is 9.59 Å². The van der Waals surface area contributed by atoms with Gasteiger partial charge in [0.05, 0.1) is 11.9 Å². The molecule has 3 heterocycles. The summed E-state index contributed by atoms with van der Waals surface area (Å²) in [6.07, 6.45) is 3.21. The van der Waals surface area contributed by atoms with E-state index in [0.29, 0.717) is 31.5 Å². The van der Waals surface area contributed by atoms with Crippen LogP contribution in [0.2, 0.25) is 0 Å². The first kappa shape index (κ1) is 17.1. The molecule has 1 N–H and O–H groups in total. The molecular formula is C19H20N6O2. The Labute approximate surface area is 156 Å². The van der Waals surface area contributed by atoms with Crippen LogP contribution in [0.15, 0.2) is 52.8 Å². The van der Waals surface area contributed by atoms with E-state index in [1.54, 1.807) is 24.0 Å². The number of benzene rings is 1. The van der Waals surface area contributed by atoms with Crippen molar-refractivity contribution in [1.29, 1.82) is 0 Å². The summed E-state index contributed by atoms with van der Waals surface area (Å²) >= 11 is 0. The zero-order chi connectivity index (χ0) is 18.8. The fraction of sp³-hybridized carbons (Fsp3) is 0.316. The molecule has 0 radical (unpaired) electrons. The Balaban J connectivity index is 1.36. The van der Waals surface area contributed by atoms with Crippen LogP contribution in [0.1, 0.15) is 18.4 Å². The highest BCUT2D eigenvalue weighted by Crippen LogP contribution is 2.19. The van der Waals surface area contributed by atoms with Crippen molar-refractivity contribution in [1.82, 2.24) is 15.1 Å². The number of likely N-dealkylation sites (N-methyl/N-ethyl adjacent to an activating group) is 1. The van der Waals surface area contributed by atoms with Gasteiger partial charge in [-0.15, -0.1) is 5.10 Å². The fourth-order valence-electron chi connectivity index (χ4n) is 3.33. The van der Waals surface area contributed by atoms with Gasteiger partial charge >= 0.3 is 0 Å². The molecule has 0 bridgehead atoms. The van der Waals surface area contributed by atoms with Crippen LogP contribution in [-0.4, -0.2) is 46.1 Å². The second kappa shape index (κ2) is 7.14. The first-order valence-corrected chi connectivity index (χ1v) is 8.88. The first-order chi connectivity index (χ1) is 13.1. The number of hydrogen-bond donors (Lipinski definition) is 1. The van der Waals surface area contributed by atoms with Crippen molar-refractivity contribution in [3.8, 4) is 0 Å². The molecule has 0 spiro atoms. The van der Waals surface area contributed by atoms with E-state index in [-0.39, 0.29) is 11.8 Å². The summed E-state index contributed by atoms with van der Waals surface area (Å²) < 4.78 is 1.76. The van der Waals surface area contributed by atoms with Gasteiger partial charge in [-0.3, -0.25) is 14.5 Å². The predicted molar refractivity (Wildman–Crippen MR) is 102 cm³/mol. The third kappa shape index (κ3) is 3.51. The molecule has 0 saturated carbocycles. The molecule has 1 atom stereocenters. The van der Waals surface area contributed by atoms with Crippen molar-refractivity contribution in [3.05, 3.63) is 48.2 Å². The van der Waals surface area contributed by atoms with E-state index in [1.165, 1.54) is 4.90 Å². The van der Waals surface area contributed by atoms with Crippen molar-refractivity contribution in [2.45, 2.75) is 31.8 Å². The Morgan fingerprint density at radius 1 is 1.22 bits per heavy atom. The number of aryl methyl sites for hydroxylation is 1. The number of nitrogens with one attached hydrogen (secondary N) is 1. The van der Waals surface area contributed by atoms with Gasteiger partial charge in [-0.25, -0.2) is 4.68 Å². The van der Waals surface area contributed by atoms with Crippen LogP contribution in [0, 0.1) is 0 Å². The number of fused-ring (bicyclic) bond motifs is 1. The Bertz CT molecular complexity index is 931. The van der Waals surface area contributed by atoms with Crippen molar-refractivity contribution < 1.29 is 9.59 Å². The monoisotopic (exact) mass is 364 g/mol. The highest BCUT2D eigenvalue weighted by atomic mass is 16.2. The molecule has 8 heteroatoms. The average molecular weight is 364 g/mol. The van der Waals surface area contributed by atoms with E-state index >= 15 is 0 Å². The molecule has 138 valence electrons. The topological polar surface area (TPSA) is 92.0 Å². The maximum atomic E-state index is 12.7. The Hall–Kier alpha value is -3.29. The van der Waals surface area contributed by atoms with E-state index in [1.807, 2.05) is 30.3 Å². The normalized spacial score (nSPS) is 19.2. The maximum Gasteiger partial charge on any atom is 0.268 e. The minimum Gasteiger partial charge on any atom is -0.339 e. The van der Waals surface area contributed by atoms with Crippen LogP contribution in [-0.2, 0) is 22.6 Å². The molecule has 2 aliphatic heterocycles. The fourth-order valence-corrected chi connectivity index (χ4v) is 3.33. The number of rotatable bonds is 4. The van der Waals surface area contributed by atoms with Crippen LogP contribution in [0.25, 0.3) is 0 Å². The van der Waals surface area contributed by atoms with E-state index < -0.39 is 6.04 Å². The molecule has 27 heavy (non-hydrogen) atoms.